The molecule has 1 aromatic rings. The fourth-order valence-corrected chi connectivity index (χ4v) is 0.527. The summed E-state index contributed by atoms with van der Waals surface area (Å²) >= 11 is 1.60. The fourth-order valence-electron chi connectivity index (χ4n) is 0.176. The molecule has 1 aromatic heterocycles. The Balaban J connectivity index is 0.000000148. The quantitative estimate of drug-likeness (QED) is 0.545. The molecule has 0 aromatic carbocycles. The molecule has 5 heteroatoms. The first kappa shape index (κ1) is 7.90. The number of rotatable bonds is 0. The number of amides is 2. The molecule has 9 heavy (non-hydrogen) atoms. The summed E-state index contributed by atoms with van der Waals surface area (Å²) in [5.74, 6) is 0. The van der Waals surface area contributed by atoms with E-state index in [9.17, 15) is 0 Å². The van der Waals surface area contributed by atoms with Crippen LogP contribution < -0.4 is 11.5 Å². The first-order chi connectivity index (χ1) is 4.23. The van der Waals surface area contributed by atoms with Crippen LogP contribution in [0.25, 0.3) is 0 Å². The Morgan fingerprint density at radius 3 is 2.22 bits per heavy atom. The molecule has 1 heterocycles. The highest BCUT2D eigenvalue weighted by atomic mass is 32.1. The number of thiazole rings is 1. The highest BCUT2D eigenvalue weighted by Crippen LogP contribution is 1.85. The number of hydrogen-bond donors (Lipinski definition) is 2. The van der Waals surface area contributed by atoms with Crippen LogP contribution in [-0.4, -0.2) is 11.0 Å². The van der Waals surface area contributed by atoms with Crippen molar-refractivity contribution >= 4 is 17.4 Å². The minimum atomic E-state index is -0.833. The molecule has 2 amide bonds. The van der Waals surface area contributed by atoms with Crippen LogP contribution in [0.2, 0.25) is 0 Å². The average Bonchev–Trinajstić information content (AvgIpc) is 2.11. The van der Waals surface area contributed by atoms with Gasteiger partial charge in [-0.05, 0) is 0 Å². The van der Waals surface area contributed by atoms with Gasteiger partial charge in [-0.1, -0.05) is 0 Å². The van der Waals surface area contributed by atoms with Crippen LogP contribution in [0.1, 0.15) is 0 Å². The minimum absolute atomic E-state index is 0.833. The topological polar surface area (TPSA) is 82.0 Å². The zero-order chi connectivity index (χ0) is 7.11. The van der Waals surface area contributed by atoms with E-state index in [0.717, 1.165) is 0 Å². The maximum absolute atomic E-state index is 9.00. The summed E-state index contributed by atoms with van der Waals surface area (Å²) in [6.45, 7) is 0. The van der Waals surface area contributed by atoms with Gasteiger partial charge in [-0.3, -0.25) is 4.98 Å². The number of carbonyl (C=O) groups excluding carboxylic acids is 1. The molecule has 0 bridgehead atoms. The van der Waals surface area contributed by atoms with E-state index in [4.69, 9.17) is 4.79 Å². The van der Waals surface area contributed by atoms with Crippen molar-refractivity contribution < 1.29 is 4.79 Å². The van der Waals surface area contributed by atoms with E-state index in [1.54, 1.807) is 23.0 Å². The highest BCUT2D eigenvalue weighted by Gasteiger charge is 1.60. The minimum Gasteiger partial charge on any atom is -0.352 e. The number of primary amides is 2. The predicted octanol–water partition coefficient (Wildman–Crippen LogP) is 0.167. The van der Waals surface area contributed by atoms with E-state index < -0.39 is 6.03 Å². The van der Waals surface area contributed by atoms with Crippen molar-refractivity contribution in [1.82, 2.24) is 4.98 Å². The SMILES string of the molecule is NC(N)=O.c1cscn1. The number of carbonyl (C=O) groups is 1. The zero-order valence-electron chi connectivity index (χ0n) is 4.65. The predicted molar refractivity (Wildman–Crippen MR) is 35.9 cm³/mol. The lowest BCUT2D eigenvalue weighted by atomic mass is 11.0. The fraction of sp³-hybridized carbons (Fsp3) is 0. The number of hydrogen-bond acceptors (Lipinski definition) is 3. The highest BCUT2D eigenvalue weighted by molar-refractivity contribution is 7.07. The number of urea groups is 1. The van der Waals surface area contributed by atoms with Gasteiger partial charge < -0.3 is 11.5 Å². The first-order valence-electron chi connectivity index (χ1n) is 2.10. The molecular weight excluding hydrogens is 138 g/mol. The van der Waals surface area contributed by atoms with Crippen molar-refractivity contribution in [3.8, 4) is 0 Å². The average molecular weight is 145 g/mol. The third-order valence-corrected chi connectivity index (χ3v) is 0.869. The molecule has 0 saturated heterocycles. The standard InChI is InChI=1S/C3H3NS.CH4N2O/c1-2-5-3-4-1;2-1(3)4/h1-3H;(H4,2,3,4). The van der Waals surface area contributed by atoms with Crippen LogP contribution in [0, 0.1) is 0 Å². The molecule has 0 saturated carbocycles. The number of aromatic nitrogens is 1. The van der Waals surface area contributed by atoms with Crippen molar-refractivity contribution in [2.24, 2.45) is 11.5 Å². The van der Waals surface area contributed by atoms with Crippen LogP contribution in [-0.2, 0) is 0 Å². The molecule has 0 fully saturated rings. The Morgan fingerprint density at radius 1 is 1.56 bits per heavy atom. The summed E-state index contributed by atoms with van der Waals surface area (Å²) in [5, 5.41) is 1.93. The van der Waals surface area contributed by atoms with E-state index in [-0.39, 0.29) is 0 Å². The number of nitrogens with two attached hydrogens (primary N) is 2. The monoisotopic (exact) mass is 145 g/mol. The second-order valence-corrected chi connectivity index (χ2v) is 1.83. The van der Waals surface area contributed by atoms with E-state index >= 15 is 0 Å². The van der Waals surface area contributed by atoms with Crippen molar-refractivity contribution in [3.05, 3.63) is 17.1 Å². The summed E-state index contributed by atoms with van der Waals surface area (Å²) in [6, 6.07) is -0.833. The largest absolute Gasteiger partial charge is 0.352 e. The molecule has 0 radical (unpaired) electrons. The van der Waals surface area contributed by atoms with Gasteiger partial charge in [0.1, 0.15) is 0 Å². The lowest BCUT2D eigenvalue weighted by molar-refractivity contribution is 0.256. The van der Waals surface area contributed by atoms with E-state index in [2.05, 4.69) is 16.5 Å². The lowest BCUT2D eigenvalue weighted by Gasteiger charge is -1.62. The Labute approximate surface area is 56.5 Å². The molecule has 0 spiro atoms. The van der Waals surface area contributed by atoms with Crippen molar-refractivity contribution in [2.45, 2.75) is 0 Å². The summed E-state index contributed by atoms with van der Waals surface area (Å²) in [4.78, 5) is 12.7. The van der Waals surface area contributed by atoms with Gasteiger partial charge in [0.25, 0.3) is 0 Å². The van der Waals surface area contributed by atoms with E-state index in [1.165, 1.54) is 0 Å². The molecule has 50 valence electrons. The van der Waals surface area contributed by atoms with Gasteiger partial charge in [-0.25, -0.2) is 4.79 Å². The lowest BCUT2D eigenvalue weighted by Crippen LogP contribution is -2.18. The van der Waals surface area contributed by atoms with E-state index in [1.807, 2.05) is 5.38 Å². The smallest absolute Gasteiger partial charge is 0.309 e. The van der Waals surface area contributed by atoms with Crippen LogP contribution in [0.15, 0.2) is 17.1 Å². The summed E-state index contributed by atoms with van der Waals surface area (Å²) in [7, 11) is 0. The molecule has 0 aliphatic rings. The van der Waals surface area contributed by atoms with Gasteiger partial charge in [-0.15, -0.1) is 11.3 Å². The third-order valence-electron chi connectivity index (χ3n) is 0.347. The van der Waals surface area contributed by atoms with Gasteiger partial charge >= 0.3 is 6.03 Å². The maximum Gasteiger partial charge on any atom is 0.309 e. The van der Waals surface area contributed by atoms with Crippen molar-refractivity contribution in [2.75, 3.05) is 0 Å². The molecule has 0 atom stereocenters. The van der Waals surface area contributed by atoms with E-state index in [0.29, 0.717) is 0 Å². The maximum atomic E-state index is 9.00. The Bertz CT molecular complexity index is 130. The summed E-state index contributed by atoms with van der Waals surface area (Å²) in [5.41, 5.74) is 10.3. The Kier molecular flexibility index (Phi) is 4.43. The normalized spacial score (nSPS) is 7.11. The van der Waals surface area contributed by atoms with Gasteiger partial charge in [0.15, 0.2) is 0 Å². The second-order valence-electron chi connectivity index (χ2n) is 1.08. The first-order valence-corrected chi connectivity index (χ1v) is 3.05. The molecule has 0 unspecified atom stereocenters. The van der Waals surface area contributed by atoms with Gasteiger partial charge in [0.2, 0.25) is 0 Å². The van der Waals surface area contributed by atoms with Crippen LogP contribution in [0.5, 0.6) is 0 Å². The van der Waals surface area contributed by atoms with Crippen LogP contribution in [0.3, 0.4) is 0 Å². The molecule has 4 nitrogen and oxygen atoms in total. The Morgan fingerprint density at radius 2 is 2.11 bits per heavy atom. The van der Waals surface area contributed by atoms with Crippen LogP contribution >= 0.6 is 11.3 Å². The second kappa shape index (κ2) is 5.04. The molecule has 0 aliphatic carbocycles. The van der Waals surface area contributed by atoms with Crippen molar-refractivity contribution in [1.29, 1.82) is 0 Å². The van der Waals surface area contributed by atoms with Crippen molar-refractivity contribution in [3.63, 3.8) is 0 Å². The van der Waals surface area contributed by atoms with Gasteiger partial charge in [0.05, 0.1) is 5.51 Å². The molecule has 1 rings (SSSR count). The third kappa shape index (κ3) is 10.9. The van der Waals surface area contributed by atoms with Gasteiger partial charge in [-0.2, -0.15) is 0 Å². The molecule has 4 N–H and O–H groups in total. The van der Waals surface area contributed by atoms with Gasteiger partial charge in [0, 0.05) is 11.6 Å². The molecule has 0 aliphatic heterocycles. The zero-order valence-corrected chi connectivity index (χ0v) is 5.47. The number of nitrogens with zero attached hydrogens (tertiary/aromatic N) is 1. The molecular formula is C4H7N3OS. The summed E-state index contributed by atoms with van der Waals surface area (Å²) in [6.07, 6.45) is 1.77. The summed E-state index contributed by atoms with van der Waals surface area (Å²) < 4.78 is 0. The van der Waals surface area contributed by atoms with Crippen LogP contribution in [0.4, 0.5) is 4.79 Å². The Hall–Kier alpha value is -1.10.